The Kier molecular flexibility index (Phi) is 7.66. The molecule has 0 saturated carbocycles. The molecule has 1 aliphatic carbocycles. The summed E-state index contributed by atoms with van der Waals surface area (Å²) in [6, 6.07) is 8.15. The number of hydrogen-bond acceptors (Lipinski definition) is 4. The minimum atomic E-state index is -0.568. The molecule has 1 aromatic rings. The number of carbonyl (C=O) groups excluding carboxylic acids is 2. The van der Waals surface area contributed by atoms with Gasteiger partial charge in [0.25, 0.3) is 0 Å². The van der Waals surface area contributed by atoms with Gasteiger partial charge < -0.3 is 10.1 Å². The van der Waals surface area contributed by atoms with Gasteiger partial charge in [0.15, 0.2) is 0 Å². The highest BCUT2D eigenvalue weighted by Gasteiger charge is 2.46. The van der Waals surface area contributed by atoms with Gasteiger partial charge in [-0.15, -0.1) is 0 Å². The number of Topliss-reactive ketones (excluding diaryl/α,β-unsaturated/α-hetero) is 1. The van der Waals surface area contributed by atoms with Crippen LogP contribution in [0.1, 0.15) is 70.5 Å². The van der Waals surface area contributed by atoms with Crippen LogP contribution in [0.4, 0.5) is 4.79 Å². The average Bonchev–Trinajstić information content (AvgIpc) is 3.03. The first-order chi connectivity index (χ1) is 15.5. The summed E-state index contributed by atoms with van der Waals surface area (Å²) < 4.78 is 6.16. The lowest BCUT2D eigenvalue weighted by atomic mass is 9.72. The number of ketones is 1. The molecule has 0 fully saturated rings. The first-order valence-electron chi connectivity index (χ1n) is 11.4. The number of fused-ring (bicyclic) bond motifs is 1. The van der Waals surface area contributed by atoms with Crippen molar-refractivity contribution in [2.45, 2.75) is 71.4 Å². The van der Waals surface area contributed by atoms with Gasteiger partial charge in [0.1, 0.15) is 5.60 Å². The second-order valence-corrected chi connectivity index (χ2v) is 11.1. The third kappa shape index (κ3) is 5.65. The molecule has 0 bridgehead atoms. The molecule has 1 unspecified atom stereocenters. The summed E-state index contributed by atoms with van der Waals surface area (Å²) in [6.07, 6.45) is 5.44. The molecule has 0 spiro atoms. The Morgan fingerprint density at radius 1 is 1.30 bits per heavy atom. The number of benzene rings is 1. The Bertz CT molecular complexity index is 1050. The molecule has 2 atom stereocenters. The number of allylic oxidation sites excluding steroid dienone is 3. The van der Waals surface area contributed by atoms with Gasteiger partial charge >= 0.3 is 6.09 Å². The summed E-state index contributed by atoms with van der Waals surface area (Å²) in [6.45, 7) is 16.0. The maximum atomic E-state index is 12.8. The second kappa shape index (κ2) is 9.95. The van der Waals surface area contributed by atoms with Crippen LogP contribution < -0.4 is 5.32 Å². The fourth-order valence-corrected chi connectivity index (χ4v) is 5.33. The molecule has 0 aromatic heterocycles. The fraction of sp³-hybridized carbons (Fsp3) is 0.444. The first-order valence-corrected chi connectivity index (χ1v) is 12.5. The Hall–Kier alpha value is -2.22. The van der Waals surface area contributed by atoms with E-state index in [2.05, 4.69) is 42.5 Å². The van der Waals surface area contributed by atoms with Crippen molar-refractivity contribution in [3.63, 3.8) is 0 Å². The minimum Gasteiger partial charge on any atom is -0.444 e. The lowest BCUT2D eigenvalue weighted by Gasteiger charge is -2.37. The average molecular weight is 560 g/mol. The molecule has 2 aliphatic rings. The molecular weight excluding hydrogens is 527 g/mol. The van der Waals surface area contributed by atoms with Crippen LogP contribution in [0.15, 0.2) is 63.3 Å². The molecule has 6 heteroatoms. The highest BCUT2D eigenvalue weighted by molar-refractivity contribution is 14.1. The smallest absolute Gasteiger partial charge is 0.408 e. The Labute approximate surface area is 210 Å². The molecule has 0 radical (unpaired) electrons. The molecule has 1 N–H and O–H groups in total. The van der Waals surface area contributed by atoms with Gasteiger partial charge in [-0.2, -0.15) is 0 Å². The summed E-state index contributed by atoms with van der Waals surface area (Å²) in [7, 11) is 0. The van der Waals surface area contributed by atoms with Crippen LogP contribution in [0.5, 0.6) is 0 Å². The first kappa shape index (κ1) is 25.4. The van der Waals surface area contributed by atoms with E-state index in [1.54, 1.807) is 6.20 Å². The molecule has 3 rings (SSSR count). The molecule has 1 heterocycles. The molecule has 1 aromatic carbocycles. The van der Waals surface area contributed by atoms with Crippen LogP contribution in [-0.4, -0.2) is 23.2 Å². The van der Waals surface area contributed by atoms with Crippen molar-refractivity contribution in [2.75, 3.05) is 0 Å². The summed E-state index contributed by atoms with van der Waals surface area (Å²) >= 11 is 1.98. The maximum Gasteiger partial charge on any atom is 0.408 e. The molecule has 176 valence electrons. The van der Waals surface area contributed by atoms with Crippen LogP contribution in [0, 0.1) is 5.41 Å². The van der Waals surface area contributed by atoms with Crippen LogP contribution in [-0.2, 0) is 16.0 Å². The van der Waals surface area contributed by atoms with E-state index in [1.807, 2.05) is 55.5 Å². The monoisotopic (exact) mass is 560 g/mol. The third-order valence-corrected chi connectivity index (χ3v) is 7.04. The van der Waals surface area contributed by atoms with Crippen molar-refractivity contribution in [1.82, 2.24) is 5.32 Å². The summed E-state index contributed by atoms with van der Waals surface area (Å²) in [5.41, 5.74) is 3.44. The van der Waals surface area contributed by atoms with Crippen LogP contribution >= 0.6 is 22.6 Å². The standard InChI is InChI=1S/C27H33IN2O3/c1-7-13-27(14-12-17(2)22-18(3)23(31)21(28)16-29-22)15-19-10-8-9-11-20(19)24(27)30-25(32)33-26(4,5)6/h8-11,16,24H,2-3,7,12-15H2,1,4-6H3,(H,30,32)/t24-,27?/m1/s1. The van der Waals surface area contributed by atoms with Crippen molar-refractivity contribution in [3.05, 3.63) is 69.5 Å². The number of ether oxygens (including phenoxy) is 1. The van der Waals surface area contributed by atoms with Crippen molar-refractivity contribution in [2.24, 2.45) is 10.4 Å². The number of rotatable bonds is 7. The molecule has 1 aliphatic heterocycles. The summed E-state index contributed by atoms with van der Waals surface area (Å²) in [4.78, 5) is 29.6. The predicted octanol–water partition coefficient (Wildman–Crippen LogP) is 6.79. The Morgan fingerprint density at radius 3 is 2.67 bits per heavy atom. The van der Waals surface area contributed by atoms with E-state index < -0.39 is 11.7 Å². The highest BCUT2D eigenvalue weighted by atomic mass is 127. The number of aliphatic imine (C=N–C) groups is 1. The van der Waals surface area contributed by atoms with E-state index in [1.165, 1.54) is 5.56 Å². The van der Waals surface area contributed by atoms with E-state index in [-0.39, 0.29) is 17.2 Å². The number of halogens is 1. The zero-order valence-electron chi connectivity index (χ0n) is 20.0. The predicted molar refractivity (Wildman–Crippen MR) is 142 cm³/mol. The number of alkyl carbamates (subject to hydrolysis) is 1. The maximum absolute atomic E-state index is 12.8. The largest absolute Gasteiger partial charge is 0.444 e. The lowest BCUT2D eigenvalue weighted by Crippen LogP contribution is -2.41. The van der Waals surface area contributed by atoms with E-state index in [0.717, 1.165) is 36.8 Å². The zero-order chi connectivity index (χ0) is 24.4. The van der Waals surface area contributed by atoms with Crippen molar-refractivity contribution in [3.8, 4) is 0 Å². The van der Waals surface area contributed by atoms with Crippen LogP contribution in [0.2, 0.25) is 0 Å². The van der Waals surface area contributed by atoms with Crippen LogP contribution in [0.25, 0.3) is 0 Å². The number of nitrogens with zero attached hydrogens (tertiary/aromatic N) is 1. The van der Waals surface area contributed by atoms with Gasteiger partial charge in [0.2, 0.25) is 5.78 Å². The molecule has 33 heavy (non-hydrogen) atoms. The van der Waals surface area contributed by atoms with E-state index in [9.17, 15) is 9.59 Å². The van der Waals surface area contributed by atoms with Gasteiger partial charge in [-0.05, 0) is 91.2 Å². The number of amides is 1. The molecule has 0 saturated heterocycles. The SMILES string of the molecule is C=C(CCC1(CCC)Cc2ccccc2[C@H]1NC(=O)OC(C)(C)C)C1=NC=C(I)C(=O)C1=C. The second-order valence-electron chi connectivity index (χ2n) is 9.93. The minimum absolute atomic E-state index is 0.0947. The van der Waals surface area contributed by atoms with Gasteiger partial charge in [-0.3, -0.25) is 9.79 Å². The summed E-state index contributed by atoms with van der Waals surface area (Å²) in [5.74, 6) is -0.0947. The highest BCUT2D eigenvalue weighted by Crippen LogP contribution is 2.52. The van der Waals surface area contributed by atoms with Crippen molar-refractivity contribution in [1.29, 1.82) is 0 Å². The number of hydrogen-bond donors (Lipinski definition) is 1. The van der Waals surface area contributed by atoms with E-state index >= 15 is 0 Å². The molecule has 5 nitrogen and oxygen atoms in total. The summed E-state index contributed by atoms with van der Waals surface area (Å²) in [5, 5.41) is 3.19. The number of nitrogens with one attached hydrogen (secondary N) is 1. The zero-order valence-corrected chi connectivity index (χ0v) is 22.1. The number of carbonyl (C=O) groups is 2. The third-order valence-electron chi connectivity index (χ3n) is 6.27. The van der Waals surface area contributed by atoms with Gasteiger partial charge in [-0.25, -0.2) is 4.79 Å². The fourth-order valence-electron chi connectivity index (χ4n) is 4.86. The normalized spacial score (nSPS) is 22.4. The van der Waals surface area contributed by atoms with Crippen LogP contribution in [0.3, 0.4) is 0 Å². The van der Waals surface area contributed by atoms with E-state index in [4.69, 9.17) is 4.74 Å². The quantitative estimate of drug-likeness (QED) is 0.295. The Balaban J connectivity index is 1.87. The lowest BCUT2D eigenvalue weighted by molar-refractivity contribution is -0.111. The van der Waals surface area contributed by atoms with Crippen molar-refractivity contribution >= 4 is 40.2 Å². The molecular formula is C27H33IN2O3. The van der Waals surface area contributed by atoms with Gasteiger partial charge in [0, 0.05) is 11.8 Å². The van der Waals surface area contributed by atoms with Gasteiger partial charge in [0.05, 0.1) is 15.3 Å². The van der Waals surface area contributed by atoms with Gasteiger partial charge in [-0.1, -0.05) is 50.8 Å². The van der Waals surface area contributed by atoms with Crippen molar-refractivity contribution < 1.29 is 14.3 Å². The topological polar surface area (TPSA) is 67.8 Å². The molecule has 1 amide bonds. The van der Waals surface area contributed by atoms with E-state index in [0.29, 0.717) is 21.3 Å². The Morgan fingerprint density at radius 2 is 2.00 bits per heavy atom.